The number of aromatic nitrogens is 2. The number of allylic oxidation sites excluding steroid dienone is 1. The monoisotopic (exact) mass is 469 g/mol. The molecule has 0 radical (unpaired) electrons. The molecular weight excluding hydrogens is 461 g/mol. The van der Waals surface area contributed by atoms with Gasteiger partial charge in [-0.3, -0.25) is 4.79 Å². The van der Waals surface area contributed by atoms with Crippen molar-refractivity contribution < 1.29 is 14.1 Å². The van der Waals surface area contributed by atoms with Gasteiger partial charge in [0.05, 0.1) is 21.3 Å². The number of rotatable bonds is 6. The van der Waals surface area contributed by atoms with E-state index in [-0.39, 0.29) is 22.6 Å². The van der Waals surface area contributed by atoms with Gasteiger partial charge in [0, 0.05) is 5.56 Å². The molecule has 2 aromatic heterocycles. The van der Waals surface area contributed by atoms with E-state index in [1.807, 2.05) is 0 Å². The summed E-state index contributed by atoms with van der Waals surface area (Å²) < 4.78 is 7.26. The van der Waals surface area contributed by atoms with Crippen LogP contribution in [0.3, 0.4) is 0 Å². The fourth-order valence-corrected chi connectivity index (χ4v) is 2.98. The zero-order valence-electron chi connectivity index (χ0n) is 13.4. The molecule has 0 spiro atoms. The van der Waals surface area contributed by atoms with Gasteiger partial charge in [0.1, 0.15) is 22.5 Å². The van der Waals surface area contributed by atoms with E-state index < -0.39 is 4.92 Å². The van der Waals surface area contributed by atoms with Crippen LogP contribution in [-0.2, 0) is 6.54 Å². The summed E-state index contributed by atoms with van der Waals surface area (Å²) in [5.74, 6) is 0.465. The fourth-order valence-electron chi connectivity index (χ4n) is 2.22. The molecule has 2 heterocycles. The second-order valence-corrected chi connectivity index (χ2v) is 7.05. The zero-order valence-corrected chi connectivity index (χ0v) is 16.5. The third-order valence-corrected chi connectivity index (χ3v) is 4.77. The van der Waals surface area contributed by atoms with Crippen LogP contribution >= 0.6 is 39.1 Å². The smallest absolute Gasteiger partial charge is 0.404 e. The molecule has 0 amide bonds. The fraction of sp³-hybridized carbons (Fsp3) is 0.0588. The highest BCUT2D eigenvalue weighted by Gasteiger charge is 2.19. The molecule has 0 aliphatic carbocycles. The van der Waals surface area contributed by atoms with Crippen LogP contribution in [0, 0.1) is 10.1 Å². The van der Waals surface area contributed by atoms with Gasteiger partial charge in [0.25, 0.3) is 0 Å². The Labute approximate surface area is 171 Å². The summed E-state index contributed by atoms with van der Waals surface area (Å²) >= 11 is 14.8. The Morgan fingerprint density at radius 1 is 1.30 bits per heavy atom. The Bertz CT molecular complexity index is 1060. The van der Waals surface area contributed by atoms with Crippen molar-refractivity contribution in [3.8, 4) is 0 Å². The molecule has 0 unspecified atom stereocenters. The van der Waals surface area contributed by atoms with E-state index in [1.165, 1.54) is 29.1 Å². The van der Waals surface area contributed by atoms with Gasteiger partial charge in [-0.15, -0.1) is 0 Å². The minimum Gasteiger partial charge on any atom is -0.460 e. The minimum absolute atomic E-state index is 0.209. The Morgan fingerprint density at radius 2 is 2.07 bits per heavy atom. The van der Waals surface area contributed by atoms with Crippen molar-refractivity contribution in [1.82, 2.24) is 9.78 Å². The van der Waals surface area contributed by atoms with Gasteiger partial charge in [-0.2, -0.15) is 4.68 Å². The normalized spacial score (nSPS) is 11.2. The lowest BCUT2D eigenvalue weighted by atomic mass is 10.1. The topological polar surface area (TPSA) is 91.2 Å². The SMILES string of the molecule is O=C(/C=C/c1ccc(Cn2cc(Br)c([N+](=O)[O-])n2)o1)c1ccc(Cl)c(Cl)c1. The lowest BCUT2D eigenvalue weighted by molar-refractivity contribution is -0.390. The van der Waals surface area contributed by atoms with Gasteiger partial charge in [0.15, 0.2) is 5.78 Å². The first kappa shape index (κ1) is 19.3. The van der Waals surface area contributed by atoms with Crippen molar-refractivity contribution in [3.05, 3.63) is 84.3 Å². The molecule has 7 nitrogen and oxygen atoms in total. The molecule has 138 valence electrons. The van der Waals surface area contributed by atoms with Gasteiger partial charge in [-0.1, -0.05) is 23.2 Å². The van der Waals surface area contributed by atoms with Crippen molar-refractivity contribution >= 4 is 56.8 Å². The maximum atomic E-state index is 12.2. The van der Waals surface area contributed by atoms with Gasteiger partial charge in [-0.05, 0) is 63.3 Å². The number of halogens is 3. The van der Waals surface area contributed by atoms with Crippen molar-refractivity contribution in [1.29, 1.82) is 0 Å². The quantitative estimate of drug-likeness (QED) is 0.208. The standard InChI is InChI=1S/C17H10BrCl2N3O4/c18-13-9-22(21-17(13)23(25)26)8-12-3-2-11(27-12)4-6-16(24)10-1-5-14(19)15(20)7-10/h1-7,9H,8H2/b6-4+. The molecule has 0 fully saturated rings. The van der Waals surface area contributed by atoms with Gasteiger partial charge in [-0.25, -0.2) is 0 Å². The number of benzene rings is 1. The summed E-state index contributed by atoms with van der Waals surface area (Å²) in [5.41, 5.74) is 0.404. The van der Waals surface area contributed by atoms with Crippen LogP contribution in [-0.4, -0.2) is 20.5 Å². The maximum absolute atomic E-state index is 12.2. The predicted octanol–water partition coefficient (Wildman–Crippen LogP) is 5.40. The number of nitrogens with zero attached hydrogens (tertiary/aromatic N) is 3. The van der Waals surface area contributed by atoms with E-state index in [9.17, 15) is 14.9 Å². The van der Waals surface area contributed by atoms with E-state index in [2.05, 4.69) is 21.0 Å². The van der Waals surface area contributed by atoms with Gasteiger partial charge in [0.2, 0.25) is 0 Å². The summed E-state index contributed by atoms with van der Waals surface area (Å²) in [6.45, 7) is 0.209. The van der Waals surface area contributed by atoms with E-state index in [0.717, 1.165) is 0 Å². The van der Waals surface area contributed by atoms with E-state index in [0.29, 0.717) is 27.1 Å². The lowest BCUT2D eigenvalue weighted by Crippen LogP contribution is -2.00. The van der Waals surface area contributed by atoms with Crippen LogP contribution in [0.15, 0.2) is 51.5 Å². The van der Waals surface area contributed by atoms with E-state index in [1.54, 1.807) is 24.3 Å². The Balaban J connectivity index is 1.69. The third kappa shape index (κ3) is 4.65. The van der Waals surface area contributed by atoms with Crippen molar-refractivity contribution in [2.75, 3.05) is 0 Å². The van der Waals surface area contributed by atoms with Crippen LogP contribution in [0.1, 0.15) is 21.9 Å². The molecule has 0 saturated heterocycles. The summed E-state index contributed by atoms with van der Waals surface area (Å²) in [7, 11) is 0. The summed E-state index contributed by atoms with van der Waals surface area (Å²) in [5, 5.41) is 15.4. The molecule has 3 aromatic rings. The first-order chi connectivity index (χ1) is 12.8. The molecule has 0 bridgehead atoms. The molecule has 10 heteroatoms. The lowest BCUT2D eigenvalue weighted by Gasteiger charge is -1.98. The first-order valence-electron chi connectivity index (χ1n) is 7.47. The number of hydrogen-bond donors (Lipinski definition) is 0. The van der Waals surface area contributed by atoms with Crippen LogP contribution < -0.4 is 0 Å². The largest absolute Gasteiger partial charge is 0.460 e. The number of nitro groups is 1. The second-order valence-electron chi connectivity index (χ2n) is 5.39. The summed E-state index contributed by atoms with van der Waals surface area (Å²) in [4.78, 5) is 22.4. The molecule has 0 N–H and O–H groups in total. The van der Waals surface area contributed by atoms with Crippen molar-refractivity contribution in [2.24, 2.45) is 0 Å². The number of carbonyl (C=O) groups excluding carboxylic acids is 1. The molecule has 3 rings (SSSR count). The molecule has 0 saturated carbocycles. The van der Waals surface area contributed by atoms with Gasteiger partial charge < -0.3 is 14.5 Å². The molecule has 0 aliphatic heterocycles. The zero-order chi connectivity index (χ0) is 19.6. The van der Waals surface area contributed by atoms with Crippen molar-refractivity contribution in [2.45, 2.75) is 6.54 Å². The molecular formula is C17H10BrCl2N3O4. The van der Waals surface area contributed by atoms with Crippen LogP contribution in [0.2, 0.25) is 10.0 Å². The summed E-state index contributed by atoms with van der Waals surface area (Å²) in [6.07, 6.45) is 4.37. The molecule has 1 aromatic carbocycles. The number of hydrogen-bond acceptors (Lipinski definition) is 5. The number of ketones is 1. The number of carbonyl (C=O) groups is 1. The minimum atomic E-state index is -0.578. The van der Waals surface area contributed by atoms with Gasteiger partial charge >= 0.3 is 5.82 Å². The molecule has 0 atom stereocenters. The number of furan rings is 1. The Kier molecular flexibility index (Phi) is 5.79. The Hall–Kier alpha value is -2.42. The highest BCUT2D eigenvalue weighted by molar-refractivity contribution is 9.10. The second kappa shape index (κ2) is 8.08. The van der Waals surface area contributed by atoms with Crippen LogP contribution in [0.5, 0.6) is 0 Å². The van der Waals surface area contributed by atoms with Crippen LogP contribution in [0.25, 0.3) is 6.08 Å². The van der Waals surface area contributed by atoms with Crippen molar-refractivity contribution in [3.63, 3.8) is 0 Å². The predicted molar refractivity (Wildman–Crippen MR) is 104 cm³/mol. The molecule has 0 aliphatic rings. The Morgan fingerprint density at radius 3 is 2.74 bits per heavy atom. The summed E-state index contributed by atoms with van der Waals surface area (Å²) in [6, 6.07) is 8.01. The third-order valence-electron chi connectivity index (χ3n) is 3.48. The van der Waals surface area contributed by atoms with E-state index in [4.69, 9.17) is 27.6 Å². The molecule has 27 heavy (non-hydrogen) atoms. The van der Waals surface area contributed by atoms with Crippen LogP contribution in [0.4, 0.5) is 5.82 Å². The maximum Gasteiger partial charge on any atom is 0.404 e. The average Bonchev–Trinajstić information content (AvgIpc) is 3.21. The highest BCUT2D eigenvalue weighted by atomic mass is 79.9. The highest BCUT2D eigenvalue weighted by Crippen LogP contribution is 2.24. The first-order valence-corrected chi connectivity index (χ1v) is 9.02. The average molecular weight is 471 g/mol. The van der Waals surface area contributed by atoms with E-state index >= 15 is 0 Å².